The van der Waals surface area contributed by atoms with E-state index >= 15 is 0 Å². The first-order chi connectivity index (χ1) is 25.2. The summed E-state index contributed by atoms with van der Waals surface area (Å²) in [6.07, 6.45) is 9.13. The van der Waals surface area contributed by atoms with E-state index in [1.165, 1.54) is 26.0 Å². The van der Waals surface area contributed by atoms with Crippen LogP contribution in [0.15, 0.2) is 41.5 Å². The van der Waals surface area contributed by atoms with Crippen LogP contribution < -0.4 is 43.0 Å². The molecule has 0 aromatic heterocycles. The van der Waals surface area contributed by atoms with Crippen LogP contribution in [0.4, 0.5) is 0 Å². The van der Waals surface area contributed by atoms with E-state index in [4.69, 9.17) is 44.4 Å². The molecule has 53 heavy (non-hydrogen) atoms. The molecule has 0 aliphatic rings. The second-order valence-corrected chi connectivity index (χ2v) is 11.7. The van der Waals surface area contributed by atoms with E-state index in [0.717, 1.165) is 0 Å². The molecule has 4 amide bonds. The third-order valence-corrected chi connectivity index (χ3v) is 7.48. The normalized spacial score (nSPS) is 11.2. The first-order valence-electron chi connectivity index (χ1n) is 16.9. The Morgan fingerprint density at radius 1 is 0.774 bits per heavy atom. The van der Waals surface area contributed by atoms with Gasteiger partial charge in [0.25, 0.3) is 11.8 Å². The molecule has 0 unspecified atom stereocenters. The summed E-state index contributed by atoms with van der Waals surface area (Å²) in [4.78, 5) is 72.4. The molecule has 0 spiro atoms. The molecule has 0 heterocycles. The van der Waals surface area contributed by atoms with Crippen LogP contribution in [0.2, 0.25) is 0 Å². The van der Waals surface area contributed by atoms with Crippen LogP contribution in [0.3, 0.4) is 0 Å². The van der Waals surface area contributed by atoms with Crippen molar-refractivity contribution in [1.82, 2.24) is 10.6 Å². The molecule has 0 bridgehead atoms. The highest BCUT2D eigenvalue weighted by Crippen LogP contribution is 2.22. The van der Waals surface area contributed by atoms with E-state index in [2.05, 4.69) is 26.6 Å². The topological polar surface area (TPSA) is 298 Å². The molecule has 0 saturated carbocycles. The van der Waals surface area contributed by atoms with Gasteiger partial charge in [-0.15, -0.1) is 6.42 Å². The van der Waals surface area contributed by atoms with Crippen molar-refractivity contribution in [2.45, 2.75) is 70.9 Å². The van der Waals surface area contributed by atoms with Gasteiger partial charge in [0.05, 0.1) is 29.8 Å². The summed E-state index contributed by atoms with van der Waals surface area (Å²) in [6.45, 7) is 4.18. The fourth-order valence-electron chi connectivity index (χ4n) is 4.44. The minimum atomic E-state index is -0.687. The molecule has 2 aromatic rings. The highest BCUT2D eigenvalue weighted by molar-refractivity contribution is 6.02. The minimum Gasteiger partial charge on any atom is -0.493 e. The number of unbranched alkanes of at least 4 members (excludes halogenated alkanes) is 2. The van der Waals surface area contributed by atoms with Crippen molar-refractivity contribution in [3.05, 3.63) is 69.1 Å². The van der Waals surface area contributed by atoms with Gasteiger partial charge in [-0.1, -0.05) is 11.0 Å². The number of azide groups is 1. The fourth-order valence-corrected chi connectivity index (χ4v) is 4.44. The third-order valence-electron chi connectivity index (χ3n) is 7.48. The van der Waals surface area contributed by atoms with Gasteiger partial charge in [0.2, 0.25) is 11.8 Å². The number of nitrogens with two attached hydrogens (primary N) is 4. The Hall–Kier alpha value is -5.95. The van der Waals surface area contributed by atoms with Crippen LogP contribution in [-0.2, 0) is 9.59 Å². The Kier molecular flexibility index (Phi) is 21.3. The number of carbonyl (C=O) groups excluding carboxylic acids is 6. The zero-order valence-electron chi connectivity index (χ0n) is 30.1. The smallest absolute Gasteiger partial charge is 0.255 e. The predicted molar refractivity (Wildman–Crippen MR) is 198 cm³/mol. The van der Waals surface area contributed by atoms with Crippen molar-refractivity contribution in [1.29, 1.82) is 0 Å². The summed E-state index contributed by atoms with van der Waals surface area (Å²) in [5.41, 5.74) is 30.8. The second-order valence-electron chi connectivity index (χ2n) is 11.7. The van der Waals surface area contributed by atoms with Crippen LogP contribution in [-0.4, -0.2) is 80.1 Å². The number of terminal acetylenes is 1. The first kappa shape index (κ1) is 45.1. The molecule has 17 heteroatoms. The molecule has 10 N–H and O–H groups in total. The van der Waals surface area contributed by atoms with E-state index in [1.54, 1.807) is 24.3 Å². The number of benzene rings is 2. The van der Waals surface area contributed by atoms with Crippen molar-refractivity contribution in [3.8, 4) is 23.8 Å². The summed E-state index contributed by atoms with van der Waals surface area (Å²) in [5, 5.41) is 8.93. The van der Waals surface area contributed by atoms with Gasteiger partial charge in [-0.05, 0) is 101 Å². The standard InChI is InChI=1S/C18H26N6O4.C18H23N3O4/c1-12(25)13-6-7-16(28-10-4-9-23-24-21)14(11-13)18(27)22-8-3-2-5-15(19)17(20)26;1-3-10-25-16-8-7-13(12(2)22)11-14(16)18(24)21-9-5-4-6-15(19)17(20)23/h6-7,11,15H,2-5,8-10,19H2,1H3,(H2,20,26)(H,22,27);1,7-8,11,15H,4-6,9-10,19H2,2H3,(H2,20,23)(H,21,24)/t2*15-/m00/s1. The molecule has 0 saturated heterocycles. The van der Waals surface area contributed by atoms with Crippen LogP contribution in [0.5, 0.6) is 11.5 Å². The molecule has 2 rings (SSSR count). The van der Waals surface area contributed by atoms with Gasteiger partial charge in [0.1, 0.15) is 18.1 Å². The average Bonchev–Trinajstić information content (AvgIpc) is 3.13. The number of nitrogens with zero attached hydrogens (tertiary/aromatic N) is 3. The largest absolute Gasteiger partial charge is 0.493 e. The number of hydrogen-bond acceptors (Lipinski definition) is 11. The average molecular weight is 736 g/mol. The number of hydrogen-bond donors (Lipinski definition) is 6. The summed E-state index contributed by atoms with van der Waals surface area (Å²) in [6, 6.07) is 7.90. The highest BCUT2D eigenvalue weighted by Gasteiger charge is 2.17. The second kappa shape index (κ2) is 25.1. The maximum Gasteiger partial charge on any atom is 0.255 e. The Labute approximate surface area is 308 Å². The van der Waals surface area contributed by atoms with Gasteiger partial charge < -0.3 is 43.0 Å². The van der Waals surface area contributed by atoms with Gasteiger partial charge in [-0.3, -0.25) is 28.8 Å². The lowest BCUT2D eigenvalue weighted by Crippen LogP contribution is -2.36. The maximum atomic E-state index is 12.5. The molecule has 0 fully saturated rings. The molecular weight excluding hydrogens is 686 g/mol. The van der Waals surface area contributed by atoms with Gasteiger partial charge in [-0.25, -0.2) is 0 Å². The third kappa shape index (κ3) is 17.7. The Morgan fingerprint density at radius 3 is 1.62 bits per heavy atom. The number of nitrogens with one attached hydrogen (secondary N) is 2. The van der Waals surface area contributed by atoms with Crippen LogP contribution in [0.1, 0.15) is 100 Å². The molecule has 286 valence electrons. The van der Waals surface area contributed by atoms with Gasteiger partial charge in [0.15, 0.2) is 11.6 Å². The maximum absolute atomic E-state index is 12.5. The minimum absolute atomic E-state index is 0.0186. The zero-order chi connectivity index (χ0) is 39.8. The molecule has 0 aliphatic heterocycles. The lowest BCUT2D eigenvalue weighted by Gasteiger charge is -2.13. The summed E-state index contributed by atoms with van der Waals surface area (Å²) in [7, 11) is 0. The molecule has 0 radical (unpaired) electrons. The quantitative estimate of drug-likeness (QED) is 0.0242. The molecular formula is C36H49N9O8. The zero-order valence-corrected chi connectivity index (χ0v) is 30.1. The molecule has 17 nitrogen and oxygen atoms in total. The summed E-state index contributed by atoms with van der Waals surface area (Å²) >= 11 is 0. The lowest BCUT2D eigenvalue weighted by molar-refractivity contribution is -0.120. The fraction of sp³-hybridized carbons (Fsp3) is 0.444. The van der Waals surface area contributed by atoms with Gasteiger partial charge in [-0.2, -0.15) is 0 Å². The monoisotopic (exact) mass is 735 g/mol. The predicted octanol–water partition coefficient (Wildman–Crippen LogP) is 2.30. The SMILES string of the molecule is C#CCOc1ccc(C(C)=O)cc1C(=O)NCCCC[C@H](N)C(N)=O.CC(=O)c1ccc(OCCCN=[N+]=[N-])c(C(=O)NCCCC[C@H](N)C(N)=O)c1. The van der Waals surface area contributed by atoms with Gasteiger partial charge in [0, 0.05) is 35.7 Å². The van der Waals surface area contributed by atoms with E-state index in [1.807, 2.05) is 0 Å². The number of amides is 4. The van der Waals surface area contributed by atoms with E-state index in [0.29, 0.717) is 80.7 Å². The van der Waals surface area contributed by atoms with Crippen molar-refractivity contribution in [2.75, 3.05) is 32.8 Å². The molecule has 0 aliphatic carbocycles. The molecule has 2 atom stereocenters. The number of ketones is 2. The van der Waals surface area contributed by atoms with Crippen LogP contribution >= 0.6 is 0 Å². The van der Waals surface area contributed by atoms with Gasteiger partial charge >= 0.3 is 0 Å². The number of rotatable bonds is 23. The lowest BCUT2D eigenvalue weighted by atomic mass is 10.1. The van der Waals surface area contributed by atoms with Crippen LogP contribution in [0.25, 0.3) is 10.4 Å². The van der Waals surface area contributed by atoms with E-state index in [9.17, 15) is 28.8 Å². The Balaban J connectivity index is 0.000000533. The van der Waals surface area contributed by atoms with Crippen molar-refractivity contribution >= 4 is 35.2 Å². The first-order valence-corrected chi connectivity index (χ1v) is 16.9. The van der Waals surface area contributed by atoms with Crippen molar-refractivity contribution in [3.63, 3.8) is 0 Å². The number of primary amides is 2. The van der Waals surface area contributed by atoms with Crippen molar-refractivity contribution < 1.29 is 38.2 Å². The van der Waals surface area contributed by atoms with E-state index < -0.39 is 23.9 Å². The van der Waals surface area contributed by atoms with Crippen LogP contribution in [0, 0.1) is 12.3 Å². The summed E-state index contributed by atoms with van der Waals surface area (Å²) in [5.74, 6) is 0.849. The molecule has 2 aromatic carbocycles. The number of Topliss-reactive ketones (excluding diaryl/α,β-unsaturated/α-hetero) is 2. The summed E-state index contributed by atoms with van der Waals surface area (Å²) < 4.78 is 11.0. The number of carbonyl (C=O) groups is 6. The Bertz CT molecular complexity index is 1670. The highest BCUT2D eigenvalue weighted by atomic mass is 16.5. The number of ether oxygens (including phenoxy) is 2. The van der Waals surface area contributed by atoms with Crippen molar-refractivity contribution in [2.24, 2.45) is 28.0 Å². The van der Waals surface area contributed by atoms with E-state index in [-0.39, 0.29) is 54.3 Å². The Morgan fingerprint density at radius 2 is 1.23 bits per heavy atom.